The van der Waals surface area contributed by atoms with Crippen LogP contribution in [0.3, 0.4) is 0 Å². The number of hydrogen-bond acceptors (Lipinski definition) is 1. The van der Waals surface area contributed by atoms with E-state index in [0.29, 0.717) is 0 Å². The molecule has 7 aromatic carbocycles. The number of rotatable bonds is 6. The third kappa shape index (κ3) is 4.90. The second kappa shape index (κ2) is 11.9. The van der Waals surface area contributed by atoms with Gasteiger partial charge in [0.2, 0.25) is 0 Å². The largest absolute Gasteiger partial charge is 0.313 e. The molecule has 0 atom stereocenters. The molecular formula is C46H34N2. The van der Waals surface area contributed by atoms with Crippen LogP contribution in [0.1, 0.15) is 17.7 Å². The van der Waals surface area contributed by atoms with Gasteiger partial charge in [0.25, 0.3) is 0 Å². The van der Waals surface area contributed by atoms with E-state index < -0.39 is 0 Å². The predicted octanol–water partition coefficient (Wildman–Crippen LogP) is 12.5. The first-order valence-electron chi connectivity index (χ1n) is 16.7. The molecule has 0 bridgehead atoms. The van der Waals surface area contributed by atoms with Crippen molar-refractivity contribution in [2.45, 2.75) is 12.8 Å². The van der Waals surface area contributed by atoms with E-state index in [2.05, 4.69) is 191 Å². The lowest BCUT2D eigenvalue weighted by Gasteiger charge is -2.26. The van der Waals surface area contributed by atoms with Gasteiger partial charge >= 0.3 is 0 Å². The van der Waals surface area contributed by atoms with Crippen molar-refractivity contribution < 1.29 is 0 Å². The van der Waals surface area contributed by atoms with Crippen LogP contribution in [-0.4, -0.2) is 4.57 Å². The van der Waals surface area contributed by atoms with E-state index in [1.54, 1.807) is 0 Å². The van der Waals surface area contributed by atoms with E-state index in [1.165, 1.54) is 60.9 Å². The summed E-state index contributed by atoms with van der Waals surface area (Å²) in [4.78, 5) is 2.33. The Labute approximate surface area is 281 Å². The smallest absolute Gasteiger partial charge is 0.0537 e. The standard InChI is InChI=1S/C46H34N2/c1-2-13-37(14-3-1)47(39-31-25-36(26-32-39)42-18-10-12-35-11-4-5-15-41(35)42)38-27-21-33(22-28-38)34-23-29-40(30-24-34)48-45-19-8-6-16-43(45)44-17-7-9-20-46(44)48/h1-8,10-19,21-32H,9,20H2. The molecule has 0 spiro atoms. The number of aromatic nitrogens is 1. The van der Waals surface area contributed by atoms with Gasteiger partial charge in [0, 0.05) is 39.4 Å². The number of anilines is 3. The molecule has 0 saturated heterocycles. The van der Waals surface area contributed by atoms with Crippen molar-refractivity contribution in [2.24, 2.45) is 0 Å². The molecule has 0 saturated carbocycles. The van der Waals surface area contributed by atoms with Gasteiger partial charge in [-0.15, -0.1) is 0 Å². The zero-order valence-corrected chi connectivity index (χ0v) is 26.6. The van der Waals surface area contributed by atoms with E-state index in [0.717, 1.165) is 29.9 Å². The van der Waals surface area contributed by atoms with E-state index in [9.17, 15) is 0 Å². The fraction of sp³-hybridized carbons (Fsp3) is 0.0435. The third-order valence-electron chi connectivity index (χ3n) is 9.67. The van der Waals surface area contributed by atoms with Crippen LogP contribution < -0.4 is 4.90 Å². The summed E-state index contributed by atoms with van der Waals surface area (Å²) in [6.45, 7) is 0. The number of hydrogen-bond donors (Lipinski definition) is 0. The van der Waals surface area contributed by atoms with Gasteiger partial charge in [-0.1, -0.05) is 127 Å². The third-order valence-corrected chi connectivity index (χ3v) is 9.67. The van der Waals surface area contributed by atoms with Crippen molar-refractivity contribution in [2.75, 3.05) is 4.90 Å². The fourth-order valence-electron chi connectivity index (χ4n) is 7.36. The number of benzene rings is 7. The van der Waals surface area contributed by atoms with Crippen molar-refractivity contribution in [3.8, 4) is 27.9 Å². The van der Waals surface area contributed by atoms with Gasteiger partial charge in [-0.2, -0.15) is 0 Å². The van der Waals surface area contributed by atoms with Gasteiger partial charge < -0.3 is 9.47 Å². The maximum absolute atomic E-state index is 2.45. The van der Waals surface area contributed by atoms with Crippen molar-refractivity contribution >= 4 is 44.8 Å². The van der Waals surface area contributed by atoms with E-state index in [-0.39, 0.29) is 0 Å². The van der Waals surface area contributed by atoms with Crippen LogP contribution >= 0.6 is 0 Å². The van der Waals surface area contributed by atoms with Crippen molar-refractivity contribution in [1.29, 1.82) is 0 Å². The second-order valence-electron chi connectivity index (χ2n) is 12.5. The minimum atomic E-state index is 1.06. The Morgan fingerprint density at radius 2 is 1.04 bits per heavy atom. The summed E-state index contributed by atoms with van der Waals surface area (Å²) in [6, 6.07) is 61.4. The molecular weight excluding hydrogens is 581 g/mol. The van der Waals surface area contributed by atoms with Crippen LogP contribution in [0.2, 0.25) is 0 Å². The first kappa shape index (κ1) is 28.1. The normalized spacial score (nSPS) is 12.3. The van der Waals surface area contributed by atoms with Gasteiger partial charge in [0.05, 0.1) is 5.52 Å². The first-order valence-corrected chi connectivity index (χ1v) is 16.7. The summed E-state index contributed by atoms with van der Waals surface area (Å²) >= 11 is 0. The van der Waals surface area contributed by atoms with Crippen LogP contribution in [0.25, 0.3) is 55.7 Å². The molecule has 0 amide bonds. The predicted molar refractivity (Wildman–Crippen MR) is 204 cm³/mol. The van der Waals surface area contributed by atoms with E-state index >= 15 is 0 Å². The molecule has 0 radical (unpaired) electrons. The summed E-state index contributed by atoms with van der Waals surface area (Å²) in [6.07, 6.45) is 6.74. The van der Waals surface area contributed by atoms with Crippen molar-refractivity contribution in [1.82, 2.24) is 4.57 Å². The molecule has 9 rings (SSSR count). The Kier molecular flexibility index (Phi) is 6.98. The molecule has 0 N–H and O–H groups in total. The average molecular weight is 615 g/mol. The van der Waals surface area contributed by atoms with Crippen LogP contribution in [0.15, 0.2) is 176 Å². The molecule has 228 valence electrons. The average Bonchev–Trinajstić information content (AvgIpc) is 3.50. The van der Waals surface area contributed by atoms with Gasteiger partial charge in [0.15, 0.2) is 0 Å². The fourth-order valence-corrected chi connectivity index (χ4v) is 7.36. The number of fused-ring (bicyclic) bond motifs is 4. The lowest BCUT2D eigenvalue weighted by Crippen LogP contribution is -2.09. The molecule has 2 nitrogen and oxygen atoms in total. The zero-order chi connectivity index (χ0) is 31.9. The molecule has 1 aromatic heterocycles. The minimum absolute atomic E-state index is 1.06. The van der Waals surface area contributed by atoms with Gasteiger partial charge in [0.1, 0.15) is 0 Å². The zero-order valence-electron chi connectivity index (χ0n) is 26.6. The van der Waals surface area contributed by atoms with E-state index in [4.69, 9.17) is 0 Å². The highest BCUT2D eigenvalue weighted by Crippen LogP contribution is 2.38. The lowest BCUT2D eigenvalue weighted by molar-refractivity contribution is 0.888. The summed E-state index contributed by atoms with van der Waals surface area (Å²) in [7, 11) is 0. The molecule has 0 unspecified atom stereocenters. The molecule has 8 aromatic rings. The first-order chi connectivity index (χ1) is 23.8. The summed E-state index contributed by atoms with van der Waals surface area (Å²) < 4.78 is 2.45. The number of allylic oxidation sites excluding steroid dienone is 1. The van der Waals surface area contributed by atoms with Crippen molar-refractivity contribution in [3.63, 3.8) is 0 Å². The highest BCUT2D eigenvalue weighted by atomic mass is 15.1. The van der Waals surface area contributed by atoms with Crippen LogP contribution in [0.5, 0.6) is 0 Å². The van der Waals surface area contributed by atoms with Crippen molar-refractivity contribution in [3.05, 3.63) is 187 Å². The van der Waals surface area contributed by atoms with Gasteiger partial charge in [-0.25, -0.2) is 0 Å². The quantitative estimate of drug-likeness (QED) is 0.181. The Hall–Kier alpha value is -6.12. The molecule has 1 aliphatic rings. The molecule has 1 aliphatic carbocycles. The Morgan fingerprint density at radius 3 is 1.79 bits per heavy atom. The molecule has 2 heteroatoms. The lowest BCUT2D eigenvalue weighted by atomic mass is 9.98. The Bertz CT molecular complexity index is 2410. The highest BCUT2D eigenvalue weighted by molar-refractivity contribution is 5.97. The second-order valence-corrected chi connectivity index (χ2v) is 12.5. The maximum atomic E-state index is 2.45. The minimum Gasteiger partial charge on any atom is -0.313 e. The summed E-state index contributed by atoms with van der Waals surface area (Å²) in [5.74, 6) is 0. The Morgan fingerprint density at radius 1 is 0.458 bits per heavy atom. The summed E-state index contributed by atoms with van der Waals surface area (Å²) in [5, 5.41) is 3.86. The van der Waals surface area contributed by atoms with Gasteiger partial charge in [-0.3, -0.25) is 0 Å². The SMILES string of the molecule is C1=Cc2c(n(-c3ccc(-c4ccc(N(c5ccccc5)c5ccc(-c6cccc7ccccc67)cc5)cc4)cc3)c3ccccc23)CC1. The topological polar surface area (TPSA) is 8.17 Å². The molecule has 1 heterocycles. The van der Waals surface area contributed by atoms with Gasteiger partial charge in [-0.05, 0) is 100 Å². The van der Waals surface area contributed by atoms with Crippen LogP contribution in [-0.2, 0) is 6.42 Å². The molecule has 0 aliphatic heterocycles. The Balaban J connectivity index is 1.04. The maximum Gasteiger partial charge on any atom is 0.0537 e. The molecule has 48 heavy (non-hydrogen) atoms. The van der Waals surface area contributed by atoms with Crippen LogP contribution in [0.4, 0.5) is 17.1 Å². The highest BCUT2D eigenvalue weighted by Gasteiger charge is 2.18. The van der Waals surface area contributed by atoms with Crippen LogP contribution in [0, 0.1) is 0 Å². The monoisotopic (exact) mass is 614 g/mol. The number of nitrogens with zero attached hydrogens (tertiary/aromatic N) is 2. The van der Waals surface area contributed by atoms with E-state index in [1.807, 2.05) is 0 Å². The number of para-hydroxylation sites is 2. The summed E-state index contributed by atoms with van der Waals surface area (Å²) in [5.41, 5.74) is 13.5. The molecule has 0 fully saturated rings.